The Morgan fingerprint density at radius 2 is 1.27 bits per heavy atom. The van der Waals surface area contributed by atoms with Crippen molar-refractivity contribution in [3.8, 4) is 5.75 Å². The summed E-state index contributed by atoms with van der Waals surface area (Å²) in [6, 6.07) is 20.7. The number of carbonyl (C=O) groups excluding carboxylic acids is 2. The highest BCUT2D eigenvalue weighted by molar-refractivity contribution is 14.1. The SMILES string of the molecule is COc1ccc(C(=O)NCc2ccc(I)cc2)cc1C(=O)NCc1ccc(I)cc1. The van der Waals surface area contributed by atoms with Crippen molar-refractivity contribution in [3.05, 3.63) is 96.1 Å². The Morgan fingerprint density at radius 3 is 1.77 bits per heavy atom. The first kappa shape index (κ1) is 22.5. The van der Waals surface area contributed by atoms with E-state index in [1.807, 2.05) is 48.5 Å². The Hall–Kier alpha value is -2.14. The van der Waals surface area contributed by atoms with Crippen LogP contribution in [0.3, 0.4) is 0 Å². The van der Waals surface area contributed by atoms with Gasteiger partial charge in [-0.3, -0.25) is 9.59 Å². The molecular formula is C23H20I2N2O3. The van der Waals surface area contributed by atoms with E-state index in [1.165, 1.54) is 7.11 Å². The first-order chi connectivity index (χ1) is 14.5. The number of amides is 2. The molecule has 2 amide bonds. The van der Waals surface area contributed by atoms with Gasteiger partial charge >= 0.3 is 0 Å². The monoisotopic (exact) mass is 626 g/mol. The lowest BCUT2D eigenvalue weighted by molar-refractivity contribution is 0.0948. The number of carbonyl (C=O) groups is 2. The van der Waals surface area contributed by atoms with Crippen LogP contribution >= 0.6 is 45.2 Å². The molecule has 3 aromatic carbocycles. The molecule has 0 aromatic heterocycles. The predicted octanol–water partition coefficient (Wildman–Crippen LogP) is 4.76. The molecule has 0 saturated heterocycles. The molecule has 7 heteroatoms. The van der Waals surface area contributed by atoms with Crippen LogP contribution in [0.2, 0.25) is 0 Å². The van der Waals surface area contributed by atoms with Crippen molar-refractivity contribution in [2.24, 2.45) is 0 Å². The molecule has 0 spiro atoms. The smallest absolute Gasteiger partial charge is 0.255 e. The second-order valence-electron chi connectivity index (χ2n) is 6.53. The first-order valence-corrected chi connectivity index (χ1v) is 11.4. The Balaban J connectivity index is 1.68. The van der Waals surface area contributed by atoms with Gasteiger partial charge in [-0.2, -0.15) is 0 Å². The van der Waals surface area contributed by atoms with E-state index < -0.39 is 0 Å². The molecule has 0 aliphatic heterocycles. The lowest BCUT2D eigenvalue weighted by atomic mass is 10.1. The Labute approximate surface area is 202 Å². The largest absolute Gasteiger partial charge is 0.496 e. The predicted molar refractivity (Wildman–Crippen MR) is 134 cm³/mol. The van der Waals surface area contributed by atoms with Crippen molar-refractivity contribution in [1.82, 2.24) is 10.6 Å². The quantitative estimate of drug-likeness (QED) is 0.372. The summed E-state index contributed by atoms with van der Waals surface area (Å²) in [5, 5.41) is 5.77. The first-order valence-electron chi connectivity index (χ1n) is 9.19. The van der Waals surface area contributed by atoms with Gasteiger partial charge in [-0.15, -0.1) is 0 Å². The summed E-state index contributed by atoms with van der Waals surface area (Å²) < 4.78 is 7.59. The summed E-state index contributed by atoms with van der Waals surface area (Å²) in [6.45, 7) is 0.804. The summed E-state index contributed by atoms with van der Waals surface area (Å²) in [5.74, 6) is -0.120. The molecular weight excluding hydrogens is 606 g/mol. The van der Waals surface area contributed by atoms with Crippen molar-refractivity contribution in [2.45, 2.75) is 13.1 Å². The second kappa shape index (κ2) is 10.8. The molecule has 0 fully saturated rings. The van der Waals surface area contributed by atoms with Gasteiger partial charge in [0, 0.05) is 25.8 Å². The number of nitrogens with one attached hydrogen (secondary N) is 2. The van der Waals surface area contributed by atoms with Crippen LogP contribution < -0.4 is 15.4 Å². The van der Waals surface area contributed by atoms with Crippen molar-refractivity contribution in [1.29, 1.82) is 0 Å². The molecule has 0 atom stereocenters. The minimum atomic E-state index is -0.294. The molecule has 0 aliphatic carbocycles. The van der Waals surface area contributed by atoms with Gasteiger partial charge < -0.3 is 15.4 Å². The van der Waals surface area contributed by atoms with Gasteiger partial charge in [-0.1, -0.05) is 24.3 Å². The molecule has 5 nitrogen and oxygen atoms in total. The van der Waals surface area contributed by atoms with E-state index in [-0.39, 0.29) is 11.8 Å². The fourth-order valence-corrected chi connectivity index (χ4v) is 3.51. The lowest BCUT2D eigenvalue weighted by Crippen LogP contribution is -2.26. The number of hydrogen-bond donors (Lipinski definition) is 2. The number of hydrogen-bond acceptors (Lipinski definition) is 3. The van der Waals surface area contributed by atoms with Gasteiger partial charge in [0.2, 0.25) is 0 Å². The van der Waals surface area contributed by atoms with Crippen LogP contribution in [0, 0.1) is 7.14 Å². The van der Waals surface area contributed by atoms with E-state index in [0.717, 1.165) is 18.3 Å². The van der Waals surface area contributed by atoms with Gasteiger partial charge in [0.1, 0.15) is 5.75 Å². The molecule has 0 heterocycles. The zero-order valence-electron chi connectivity index (χ0n) is 16.2. The van der Waals surface area contributed by atoms with Crippen LogP contribution in [0.25, 0.3) is 0 Å². The van der Waals surface area contributed by atoms with Crippen LogP contribution in [0.5, 0.6) is 5.75 Å². The van der Waals surface area contributed by atoms with E-state index in [4.69, 9.17) is 4.74 Å². The van der Waals surface area contributed by atoms with Crippen LogP contribution in [-0.4, -0.2) is 18.9 Å². The average Bonchev–Trinajstić information content (AvgIpc) is 2.77. The van der Waals surface area contributed by atoms with E-state index in [1.54, 1.807) is 18.2 Å². The van der Waals surface area contributed by atoms with Crippen molar-refractivity contribution < 1.29 is 14.3 Å². The summed E-state index contributed by atoms with van der Waals surface area (Å²) in [6.07, 6.45) is 0. The Kier molecular flexibility index (Phi) is 8.08. The normalized spacial score (nSPS) is 10.4. The van der Waals surface area contributed by atoms with Crippen molar-refractivity contribution in [2.75, 3.05) is 7.11 Å². The van der Waals surface area contributed by atoms with Gasteiger partial charge in [-0.05, 0) is 98.8 Å². The topological polar surface area (TPSA) is 67.4 Å². The maximum atomic E-state index is 12.7. The van der Waals surface area contributed by atoms with E-state index >= 15 is 0 Å². The number of methoxy groups -OCH3 is 1. The van der Waals surface area contributed by atoms with Crippen LogP contribution in [0.15, 0.2) is 66.7 Å². The van der Waals surface area contributed by atoms with Gasteiger partial charge in [0.15, 0.2) is 0 Å². The molecule has 0 saturated carbocycles. The molecule has 3 aromatic rings. The molecule has 2 N–H and O–H groups in total. The van der Waals surface area contributed by atoms with Crippen LogP contribution in [-0.2, 0) is 13.1 Å². The molecule has 30 heavy (non-hydrogen) atoms. The molecule has 0 radical (unpaired) electrons. The summed E-state index contributed by atoms with van der Waals surface area (Å²) in [4.78, 5) is 25.3. The van der Waals surface area contributed by atoms with Crippen molar-refractivity contribution in [3.63, 3.8) is 0 Å². The van der Waals surface area contributed by atoms with Gasteiger partial charge in [0.05, 0.1) is 12.7 Å². The fourth-order valence-electron chi connectivity index (χ4n) is 2.79. The maximum Gasteiger partial charge on any atom is 0.255 e. The molecule has 0 unspecified atom stereocenters. The second-order valence-corrected chi connectivity index (χ2v) is 9.02. The lowest BCUT2D eigenvalue weighted by Gasteiger charge is -2.12. The highest BCUT2D eigenvalue weighted by Crippen LogP contribution is 2.20. The molecule has 0 aliphatic rings. The Morgan fingerprint density at radius 1 is 0.767 bits per heavy atom. The minimum Gasteiger partial charge on any atom is -0.496 e. The third kappa shape index (κ3) is 6.18. The highest BCUT2D eigenvalue weighted by atomic mass is 127. The van der Waals surface area contributed by atoms with Crippen LogP contribution in [0.1, 0.15) is 31.8 Å². The fraction of sp³-hybridized carbons (Fsp3) is 0.130. The molecule has 0 bridgehead atoms. The van der Waals surface area contributed by atoms with E-state index in [0.29, 0.717) is 30.0 Å². The summed E-state index contributed by atoms with van der Waals surface area (Å²) >= 11 is 4.47. The third-order valence-electron chi connectivity index (χ3n) is 4.44. The van der Waals surface area contributed by atoms with Gasteiger partial charge in [-0.25, -0.2) is 0 Å². The van der Waals surface area contributed by atoms with E-state index in [2.05, 4.69) is 55.8 Å². The number of halogens is 2. The average molecular weight is 626 g/mol. The van der Waals surface area contributed by atoms with Gasteiger partial charge in [0.25, 0.3) is 11.8 Å². The maximum absolute atomic E-state index is 12.7. The Bertz CT molecular complexity index is 1040. The zero-order valence-corrected chi connectivity index (χ0v) is 20.6. The van der Waals surface area contributed by atoms with Crippen molar-refractivity contribution >= 4 is 57.0 Å². The van der Waals surface area contributed by atoms with E-state index in [9.17, 15) is 9.59 Å². The highest BCUT2D eigenvalue weighted by Gasteiger charge is 2.16. The standard InChI is InChI=1S/C23H20I2N2O3/c1-30-21-11-6-17(22(28)26-13-15-2-7-18(24)8-3-15)12-20(21)23(29)27-14-16-4-9-19(25)10-5-16/h2-12H,13-14H2,1H3,(H,26,28)(H,27,29). The number of rotatable bonds is 7. The summed E-state index contributed by atoms with van der Waals surface area (Å²) in [5.41, 5.74) is 2.73. The van der Waals surface area contributed by atoms with Crippen LogP contribution in [0.4, 0.5) is 0 Å². The number of ether oxygens (including phenoxy) is 1. The molecule has 154 valence electrons. The number of benzene rings is 3. The molecule has 3 rings (SSSR count). The minimum absolute atomic E-state index is 0.247. The summed E-state index contributed by atoms with van der Waals surface area (Å²) in [7, 11) is 1.50. The third-order valence-corrected chi connectivity index (χ3v) is 5.88. The zero-order chi connectivity index (χ0) is 21.5.